The van der Waals surface area contributed by atoms with E-state index in [2.05, 4.69) is 36.3 Å². The summed E-state index contributed by atoms with van der Waals surface area (Å²) in [6.45, 7) is 6.69. The first-order valence-electron chi connectivity index (χ1n) is 6.47. The van der Waals surface area contributed by atoms with Crippen LogP contribution in [-0.2, 0) is 6.54 Å². The molecule has 0 atom stereocenters. The summed E-state index contributed by atoms with van der Waals surface area (Å²) in [5, 5.41) is 11.5. The second-order valence-electron chi connectivity index (χ2n) is 5.46. The van der Waals surface area contributed by atoms with Crippen LogP contribution in [0.3, 0.4) is 0 Å². The van der Waals surface area contributed by atoms with E-state index in [0.29, 0.717) is 12.1 Å². The zero-order valence-electron chi connectivity index (χ0n) is 12.4. The summed E-state index contributed by atoms with van der Waals surface area (Å²) in [5.74, 6) is -0.189. The smallest absolute Gasteiger partial charge is 0.179 e. The molecular weight excluding hydrogens is 325 g/mol. The fourth-order valence-electron chi connectivity index (χ4n) is 1.57. The van der Waals surface area contributed by atoms with Gasteiger partial charge in [0, 0.05) is 22.5 Å². The number of hydrogen-bond donors (Lipinski definition) is 1. The van der Waals surface area contributed by atoms with E-state index in [1.165, 1.54) is 29.2 Å². The van der Waals surface area contributed by atoms with Crippen LogP contribution in [0.25, 0.3) is 0 Å². The topological polar surface area (TPSA) is 37.8 Å². The van der Waals surface area contributed by atoms with Crippen LogP contribution in [0, 0.1) is 5.82 Å². The molecule has 0 radical (unpaired) electrons. The Morgan fingerprint density at radius 2 is 1.95 bits per heavy atom. The first kappa shape index (κ1) is 16.7. The van der Waals surface area contributed by atoms with Gasteiger partial charge in [-0.3, -0.25) is 0 Å². The highest BCUT2D eigenvalue weighted by molar-refractivity contribution is 8.03. The molecule has 0 saturated carbocycles. The fraction of sp³-hybridized carbons (Fsp3) is 0.429. The predicted octanol–water partition coefficient (Wildman–Crippen LogP) is 4.44. The molecule has 21 heavy (non-hydrogen) atoms. The van der Waals surface area contributed by atoms with E-state index in [0.717, 1.165) is 13.6 Å². The molecule has 0 fully saturated rings. The predicted molar refractivity (Wildman–Crippen MR) is 88.8 cm³/mol. The number of rotatable bonds is 5. The molecule has 1 N–H and O–H groups in total. The van der Waals surface area contributed by atoms with Crippen molar-refractivity contribution in [1.29, 1.82) is 0 Å². The third-order valence-corrected chi connectivity index (χ3v) is 5.68. The zero-order chi connectivity index (χ0) is 15.5. The van der Waals surface area contributed by atoms with E-state index < -0.39 is 0 Å². The lowest BCUT2D eigenvalue weighted by molar-refractivity contribution is 0.416. The van der Waals surface area contributed by atoms with Gasteiger partial charge in [-0.15, -0.1) is 10.2 Å². The normalized spacial score (nSPS) is 11.9. The highest BCUT2D eigenvalue weighted by Gasteiger charge is 2.15. The lowest BCUT2D eigenvalue weighted by atomic mass is 10.1. The van der Waals surface area contributed by atoms with Crippen molar-refractivity contribution in [2.24, 2.45) is 0 Å². The molecule has 3 nitrogen and oxygen atoms in total. The molecule has 0 amide bonds. The lowest BCUT2D eigenvalue weighted by Crippen LogP contribution is -2.35. The van der Waals surface area contributed by atoms with E-state index >= 15 is 0 Å². The maximum Gasteiger partial charge on any atom is 0.179 e. The molecule has 0 aliphatic heterocycles. The second-order valence-corrected chi connectivity index (χ2v) is 8.78. The van der Waals surface area contributed by atoms with Crippen molar-refractivity contribution in [3.63, 3.8) is 0 Å². The van der Waals surface area contributed by atoms with Gasteiger partial charge in [-0.05, 0) is 39.2 Å². The number of aromatic nitrogens is 2. The van der Waals surface area contributed by atoms with Gasteiger partial charge in [-0.25, -0.2) is 4.39 Å². The summed E-state index contributed by atoms with van der Waals surface area (Å²) < 4.78 is 15.9. The molecule has 2 rings (SSSR count). The molecule has 0 unspecified atom stereocenters. The van der Waals surface area contributed by atoms with Crippen molar-refractivity contribution in [1.82, 2.24) is 15.5 Å². The molecule has 1 aromatic carbocycles. The third-order valence-electron chi connectivity index (χ3n) is 2.63. The Morgan fingerprint density at radius 1 is 1.24 bits per heavy atom. The first-order valence-corrected chi connectivity index (χ1v) is 9.32. The Kier molecular flexibility index (Phi) is 5.65. The fourth-order valence-corrected chi connectivity index (χ4v) is 4.12. The van der Waals surface area contributed by atoms with Gasteiger partial charge in [0.15, 0.2) is 8.68 Å². The van der Waals surface area contributed by atoms with Gasteiger partial charge in [0.2, 0.25) is 0 Å². The van der Waals surface area contributed by atoms with Crippen molar-refractivity contribution in [2.75, 3.05) is 6.26 Å². The molecule has 0 spiro atoms. The Labute approximate surface area is 137 Å². The lowest BCUT2D eigenvalue weighted by Gasteiger charge is -2.21. The molecule has 2 aromatic rings. The number of hydrogen-bond acceptors (Lipinski definition) is 6. The SMILES string of the molecule is CSc1nnc(Sc2cccc(F)c2CNC(C)(C)C)s1. The van der Waals surface area contributed by atoms with Crippen LogP contribution < -0.4 is 5.32 Å². The van der Waals surface area contributed by atoms with Gasteiger partial charge < -0.3 is 5.32 Å². The van der Waals surface area contributed by atoms with Gasteiger partial charge in [0.1, 0.15) is 5.82 Å². The van der Waals surface area contributed by atoms with Gasteiger partial charge in [0.25, 0.3) is 0 Å². The minimum atomic E-state index is -0.189. The van der Waals surface area contributed by atoms with E-state index in [1.54, 1.807) is 17.8 Å². The van der Waals surface area contributed by atoms with Crippen LogP contribution in [0.5, 0.6) is 0 Å². The Balaban J connectivity index is 2.20. The quantitative estimate of drug-likeness (QED) is 0.813. The number of nitrogens with one attached hydrogen (secondary N) is 1. The van der Waals surface area contributed by atoms with Gasteiger partial charge >= 0.3 is 0 Å². The van der Waals surface area contributed by atoms with Crippen molar-refractivity contribution in [3.05, 3.63) is 29.6 Å². The van der Waals surface area contributed by atoms with Crippen LogP contribution >= 0.6 is 34.9 Å². The maximum absolute atomic E-state index is 14.1. The van der Waals surface area contributed by atoms with Crippen molar-refractivity contribution >= 4 is 34.9 Å². The van der Waals surface area contributed by atoms with E-state index in [9.17, 15) is 4.39 Å². The van der Waals surface area contributed by atoms with Crippen LogP contribution in [0.1, 0.15) is 26.3 Å². The Morgan fingerprint density at radius 3 is 2.57 bits per heavy atom. The van der Waals surface area contributed by atoms with Crippen molar-refractivity contribution in [2.45, 2.75) is 46.4 Å². The van der Waals surface area contributed by atoms with Crippen LogP contribution in [0.15, 0.2) is 31.8 Å². The van der Waals surface area contributed by atoms with Gasteiger partial charge in [-0.2, -0.15) is 0 Å². The largest absolute Gasteiger partial charge is 0.308 e. The summed E-state index contributed by atoms with van der Waals surface area (Å²) in [4.78, 5) is 0.885. The zero-order valence-corrected chi connectivity index (χ0v) is 14.9. The van der Waals surface area contributed by atoms with E-state index in [4.69, 9.17) is 0 Å². The molecule has 7 heteroatoms. The average Bonchev–Trinajstić information content (AvgIpc) is 2.84. The number of halogens is 1. The minimum Gasteiger partial charge on any atom is -0.308 e. The third kappa shape index (κ3) is 4.95. The molecule has 1 heterocycles. The van der Waals surface area contributed by atoms with Gasteiger partial charge in [0.05, 0.1) is 0 Å². The summed E-state index contributed by atoms with van der Waals surface area (Å²) in [6.07, 6.45) is 1.97. The minimum absolute atomic E-state index is 0.0566. The van der Waals surface area contributed by atoms with E-state index in [-0.39, 0.29) is 11.4 Å². The first-order chi connectivity index (χ1) is 9.89. The second kappa shape index (κ2) is 7.09. The summed E-state index contributed by atoms with van der Waals surface area (Å²) >= 11 is 4.56. The van der Waals surface area contributed by atoms with Crippen LogP contribution in [0.2, 0.25) is 0 Å². The summed E-state index contributed by atoms with van der Waals surface area (Å²) in [6, 6.07) is 5.15. The van der Waals surface area contributed by atoms with Crippen LogP contribution in [-0.4, -0.2) is 22.0 Å². The highest BCUT2D eigenvalue weighted by Crippen LogP contribution is 2.35. The van der Waals surface area contributed by atoms with Crippen LogP contribution in [0.4, 0.5) is 4.39 Å². The number of thioether (sulfide) groups is 1. The number of nitrogens with zero attached hydrogens (tertiary/aromatic N) is 2. The molecule has 0 aliphatic rings. The Bertz CT molecular complexity index is 608. The van der Waals surface area contributed by atoms with E-state index in [1.807, 2.05) is 12.3 Å². The maximum atomic E-state index is 14.1. The molecule has 1 aromatic heterocycles. The average molecular weight is 344 g/mol. The highest BCUT2D eigenvalue weighted by atomic mass is 32.2. The summed E-state index contributed by atoms with van der Waals surface area (Å²) in [5.41, 5.74) is 0.622. The van der Waals surface area contributed by atoms with Gasteiger partial charge in [-0.1, -0.05) is 40.9 Å². The Hall–Kier alpha value is -0.630. The molecule has 0 saturated heterocycles. The number of benzene rings is 1. The molecule has 114 valence electrons. The van der Waals surface area contributed by atoms with Crippen molar-refractivity contribution in [3.8, 4) is 0 Å². The monoisotopic (exact) mass is 343 g/mol. The molecule has 0 aliphatic carbocycles. The molecular formula is C14H18FN3S3. The molecule has 0 bridgehead atoms. The standard InChI is InChI=1S/C14H18FN3S3/c1-14(2,3)16-8-9-10(15)6-5-7-11(9)20-13-18-17-12(19-4)21-13/h5-7,16H,8H2,1-4H3. The van der Waals surface area contributed by atoms with Crippen molar-refractivity contribution < 1.29 is 4.39 Å². The summed E-state index contributed by atoms with van der Waals surface area (Å²) in [7, 11) is 0.